The van der Waals surface area contributed by atoms with E-state index in [0.29, 0.717) is 0 Å². The molecule has 0 fully saturated rings. The van der Waals surface area contributed by atoms with Crippen LogP contribution in [0.15, 0.2) is 65.2 Å². The van der Waals surface area contributed by atoms with Crippen molar-refractivity contribution in [2.75, 3.05) is 0 Å². The Balaban J connectivity index is 1.91. The number of phenols is 1. The number of hydrogen-bond donors (Lipinski definition) is 1. The second-order valence-corrected chi connectivity index (χ2v) is 5.74. The lowest BCUT2D eigenvalue weighted by molar-refractivity contribution is -0.121. The van der Waals surface area contributed by atoms with Crippen LogP contribution in [-0.4, -0.2) is 16.7 Å². The standard InChI is InChI=1S/C19H15BrO3/c20-19-4-2-1-3-15(19)8-12-18(23)13-17(22)11-7-14-5-9-16(21)10-6-14/h1-12,21H,13H2. The van der Waals surface area contributed by atoms with Crippen LogP contribution in [0, 0.1) is 0 Å². The molecule has 0 saturated heterocycles. The van der Waals surface area contributed by atoms with Gasteiger partial charge in [-0.1, -0.05) is 58.4 Å². The van der Waals surface area contributed by atoms with Crippen LogP contribution in [0.4, 0.5) is 0 Å². The first-order chi connectivity index (χ1) is 11.0. The Morgan fingerprint density at radius 3 is 2.17 bits per heavy atom. The molecule has 0 aliphatic carbocycles. The normalized spacial score (nSPS) is 11.2. The Morgan fingerprint density at radius 2 is 1.52 bits per heavy atom. The van der Waals surface area contributed by atoms with Crippen molar-refractivity contribution >= 4 is 39.6 Å². The smallest absolute Gasteiger partial charge is 0.163 e. The predicted molar refractivity (Wildman–Crippen MR) is 94.9 cm³/mol. The molecule has 23 heavy (non-hydrogen) atoms. The van der Waals surface area contributed by atoms with Crippen LogP contribution in [0.25, 0.3) is 12.2 Å². The number of allylic oxidation sites excluding steroid dienone is 2. The van der Waals surface area contributed by atoms with Gasteiger partial charge < -0.3 is 5.11 Å². The third kappa shape index (κ3) is 5.68. The van der Waals surface area contributed by atoms with Gasteiger partial charge in [-0.15, -0.1) is 0 Å². The van der Waals surface area contributed by atoms with Crippen LogP contribution in [-0.2, 0) is 9.59 Å². The Labute approximate surface area is 143 Å². The highest BCUT2D eigenvalue weighted by molar-refractivity contribution is 9.10. The third-order valence-corrected chi connectivity index (χ3v) is 3.78. The molecule has 0 radical (unpaired) electrons. The van der Waals surface area contributed by atoms with Crippen molar-refractivity contribution in [1.29, 1.82) is 0 Å². The van der Waals surface area contributed by atoms with Gasteiger partial charge in [0.05, 0.1) is 6.42 Å². The summed E-state index contributed by atoms with van der Waals surface area (Å²) in [5, 5.41) is 9.18. The maximum absolute atomic E-state index is 11.8. The fourth-order valence-electron chi connectivity index (χ4n) is 1.86. The molecule has 0 saturated carbocycles. The van der Waals surface area contributed by atoms with E-state index in [-0.39, 0.29) is 23.7 Å². The first-order valence-corrected chi connectivity index (χ1v) is 7.79. The lowest BCUT2D eigenvalue weighted by Gasteiger charge is -1.97. The molecule has 3 nitrogen and oxygen atoms in total. The van der Waals surface area contributed by atoms with E-state index in [0.717, 1.165) is 15.6 Å². The summed E-state index contributed by atoms with van der Waals surface area (Å²) in [7, 11) is 0. The molecule has 2 aromatic carbocycles. The van der Waals surface area contributed by atoms with Gasteiger partial charge in [0.2, 0.25) is 0 Å². The van der Waals surface area contributed by atoms with Gasteiger partial charge in [-0.05, 0) is 41.5 Å². The number of hydrogen-bond acceptors (Lipinski definition) is 3. The Hall–Kier alpha value is -2.46. The van der Waals surface area contributed by atoms with E-state index in [4.69, 9.17) is 0 Å². The van der Waals surface area contributed by atoms with Gasteiger partial charge in [-0.25, -0.2) is 0 Å². The van der Waals surface area contributed by atoms with E-state index < -0.39 is 0 Å². The fraction of sp³-hybridized carbons (Fsp3) is 0.0526. The van der Waals surface area contributed by atoms with E-state index in [1.165, 1.54) is 24.3 Å². The van der Waals surface area contributed by atoms with Gasteiger partial charge in [-0.3, -0.25) is 9.59 Å². The van der Waals surface area contributed by atoms with E-state index in [1.807, 2.05) is 24.3 Å². The van der Waals surface area contributed by atoms with Crippen molar-refractivity contribution in [3.8, 4) is 5.75 Å². The van der Waals surface area contributed by atoms with E-state index in [1.54, 1.807) is 24.3 Å². The minimum absolute atomic E-state index is 0.167. The zero-order valence-corrected chi connectivity index (χ0v) is 13.9. The predicted octanol–water partition coefficient (Wildman–Crippen LogP) is 4.41. The molecule has 4 heteroatoms. The number of carbonyl (C=O) groups is 2. The SMILES string of the molecule is O=C(C=Cc1ccc(O)cc1)CC(=O)C=Cc1ccccc1Br. The molecule has 0 aromatic heterocycles. The van der Waals surface area contributed by atoms with E-state index >= 15 is 0 Å². The summed E-state index contributed by atoms with van der Waals surface area (Å²) in [5.74, 6) is -0.346. The molecule has 1 N–H and O–H groups in total. The fourth-order valence-corrected chi connectivity index (χ4v) is 2.27. The van der Waals surface area contributed by atoms with Gasteiger partial charge in [0.15, 0.2) is 11.6 Å². The summed E-state index contributed by atoms with van der Waals surface area (Å²) >= 11 is 3.39. The molecule has 0 unspecified atom stereocenters. The summed E-state index contributed by atoms with van der Waals surface area (Å²) in [6, 6.07) is 14.0. The molecule has 0 spiro atoms. The molecular formula is C19H15BrO3. The highest BCUT2D eigenvalue weighted by Crippen LogP contribution is 2.17. The summed E-state index contributed by atoms with van der Waals surface area (Å²) in [6.45, 7) is 0. The molecule has 0 aliphatic heterocycles. The Bertz CT molecular complexity index is 758. The second-order valence-electron chi connectivity index (χ2n) is 4.89. The number of halogens is 1. The number of ketones is 2. The van der Waals surface area contributed by atoms with Crippen LogP contribution in [0.1, 0.15) is 17.5 Å². The van der Waals surface area contributed by atoms with Crippen molar-refractivity contribution in [1.82, 2.24) is 0 Å². The minimum Gasteiger partial charge on any atom is -0.508 e. The molecule has 0 amide bonds. The van der Waals surface area contributed by atoms with Crippen molar-refractivity contribution in [2.45, 2.75) is 6.42 Å². The van der Waals surface area contributed by atoms with Crippen LogP contribution in [0.3, 0.4) is 0 Å². The van der Waals surface area contributed by atoms with Crippen LogP contribution in [0.5, 0.6) is 5.75 Å². The quantitative estimate of drug-likeness (QED) is 0.605. The maximum atomic E-state index is 11.8. The average molecular weight is 371 g/mol. The summed E-state index contributed by atoms with van der Waals surface area (Å²) in [4.78, 5) is 23.6. The van der Waals surface area contributed by atoms with Crippen molar-refractivity contribution < 1.29 is 14.7 Å². The highest BCUT2D eigenvalue weighted by atomic mass is 79.9. The third-order valence-electron chi connectivity index (χ3n) is 3.06. The van der Waals surface area contributed by atoms with Gasteiger partial charge in [0, 0.05) is 4.47 Å². The number of aromatic hydroxyl groups is 1. The van der Waals surface area contributed by atoms with Gasteiger partial charge in [-0.2, -0.15) is 0 Å². The molecule has 2 rings (SSSR count). The lowest BCUT2D eigenvalue weighted by atomic mass is 10.1. The number of benzene rings is 2. The second kappa shape index (κ2) is 8.25. The topological polar surface area (TPSA) is 54.4 Å². The largest absolute Gasteiger partial charge is 0.508 e. The Morgan fingerprint density at radius 1 is 0.913 bits per heavy atom. The summed E-state index contributed by atoms with van der Waals surface area (Å²) < 4.78 is 0.891. The lowest BCUT2D eigenvalue weighted by Crippen LogP contribution is -2.01. The molecule has 2 aromatic rings. The van der Waals surface area contributed by atoms with Crippen molar-refractivity contribution in [3.63, 3.8) is 0 Å². The molecular weight excluding hydrogens is 356 g/mol. The van der Waals surface area contributed by atoms with Crippen LogP contribution in [0.2, 0.25) is 0 Å². The summed E-state index contributed by atoms with van der Waals surface area (Å²) in [6.07, 6.45) is 5.91. The first kappa shape index (κ1) is 16.9. The van der Waals surface area contributed by atoms with Crippen molar-refractivity contribution in [2.24, 2.45) is 0 Å². The molecule has 116 valence electrons. The van der Waals surface area contributed by atoms with Gasteiger partial charge >= 0.3 is 0 Å². The number of phenolic OH excluding ortho intramolecular Hbond substituents is 1. The minimum atomic E-state index is -0.264. The van der Waals surface area contributed by atoms with Gasteiger partial charge in [0.1, 0.15) is 5.75 Å². The van der Waals surface area contributed by atoms with E-state index in [9.17, 15) is 14.7 Å². The average Bonchev–Trinajstić information content (AvgIpc) is 2.53. The molecule has 0 bridgehead atoms. The van der Waals surface area contributed by atoms with Gasteiger partial charge in [0.25, 0.3) is 0 Å². The highest BCUT2D eigenvalue weighted by Gasteiger charge is 2.04. The molecule has 0 atom stereocenters. The first-order valence-electron chi connectivity index (χ1n) is 7.00. The van der Waals surface area contributed by atoms with E-state index in [2.05, 4.69) is 15.9 Å². The van der Waals surface area contributed by atoms with Crippen molar-refractivity contribution in [3.05, 3.63) is 76.3 Å². The van der Waals surface area contributed by atoms with Crippen LogP contribution >= 0.6 is 15.9 Å². The molecule has 0 heterocycles. The maximum Gasteiger partial charge on any atom is 0.163 e. The van der Waals surface area contributed by atoms with Crippen LogP contribution < -0.4 is 0 Å². The zero-order chi connectivity index (χ0) is 16.7. The number of carbonyl (C=O) groups excluding carboxylic acids is 2. The Kier molecular flexibility index (Phi) is 6.06. The zero-order valence-electron chi connectivity index (χ0n) is 12.3. The summed E-state index contributed by atoms with van der Waals surface area (Å²) in [5.41, 5.74) is 1.67. The monoisotopic (exact) mass is 370 g/mol. The number of rotatable bonds is 6. The molecule has 0 aliphatic rings.